The average molecular weight is 452 g/mol. The van der Waals surface area contributed by atoms with E-state index < -0.39 is 11.3 Å². The highest BCUT2D eigenvalue weighted by molar-refractivity contribution is 6.23. The van der Waals surface area contributed by atoms with Gasteiger partial charge in [0.1, 0.15) is 5.75 Å². The molecule has 0 radical (unpaired) electrons. The van der Waals surface area contributed by atoms with Gasteiger partial charge in [0.05, 0.1) is 24.1 Å². The third kappa shape index (κ3) is 2.78. The molecule has 172 valence electrons. The lowest BCUT2D eigenvalue weighted by Crippen LogP contribution is -2.51. The van der Waals surface area contributed by atoms with Crippen LogP contribution in [-0.2, 0) is 15.0 Å². The largest absolute Gasteiger partial charge is 0.494 e. The number of amides is 2. The van der Waals surface area contributed by atoms with Gasteiger partial charge in [-0.2, -0.15) is 0 Å². The molecule has 7 rings (SSSR count). The summed E-state index contributed by atoms with van der Waals surface area (Å²) in [5.74, 6) is -0.299. The third-order valence-corrected chi connectivity index (χ3v) is 8.15. The van der Waals surface area contributed by atoms with Crippen molar-refractivity contribution in [2.75, 3.05) is 11.5 Å². The number of rotatable bonds is 6. The molecule has 4 aliphatic rings. The SMILES string of the molecule is CCCCCOc1ccc(N2C(=O)[C@@H]3C4c5ccccc5C(C)(c5ccccc54)[C@@H]3C2=O)cc1. The second-order valence-electron chi connectivity index (χ2n) is 9.92. The van der Waals surface area contributed by atoms with Crippen LogP contribution in [0.25, 0.3) is 0 Å². The lowest BCUT2D eigenvalue weighted by Gasteiger charge is -2.52. The van der Waals surface area contributed by atoms with Crippen molar-refractivity contribution in [3.63, 3.8) is 0 Å². The standard InChI is InChI=1S/C30H29NO3/c1-3-4-9-18-34-20-16-14-19(15-17-20)31-28(32)26-25-21-10-5-7-12-23(21)30(2,27(26)29(31)33)24-13-8-6-11-22(24)25/h5-8,10-17,25-27H,3-4,9,18H2,1-2H3/t25?,26-,27+,30?/m1/s1. The summed E-state index contributed by atoms with van der Waals surface area (Å²) in [7, 11) is 0. The normalized spacial score (nSPS) is 26.3. The van der Waals surface area contributed by atoms with Gasteiger partial charge in [-0.3, -0.25) is 9.59 Å². The molecular formula is C30H29NO3. The van der Waals surface area contributed by atoms with Crippen LogP contribution < -0.4 is 9.64 Å². The Morgan fingerprint density at radius 2 is 1.44 bits per heavy atom. The van der Waals surface area contributed by atoms with E-state index >= 15 is 0 Å². The molecular weight excluding hydrogens is 422 g/mol. The van der Waals surface area contributed by atoms with Crippen LogP contribution in [-0.4, -0.2) is 18.4 Å². The van der Waals surface area contributed by atoms with Crippen LogP contribution in [0.15, 0.2) is 72.8 Å². The van der Waals surface area contributed by atoms with Gasteiger partial charge >= 0.3 is 0 Å². The molecule has 0 aromatic heterocycles. The van der Waals surface area contributed by atoms with Crippen molar-refractivity contribution < 1.29 is 14.3 Å². The molecule has 1 aliphatic heterocycles. The van der Waals surface area contributed by atoms with E-state index in [1.54, 1.807) is 0 Å². The number of carbonyl (C=O) groups is 2. The van der Waals surface area contributed by atoms with Crippen molar-refractivity contribution in [2.45, 2.75) is 44.4 Å². The fourth-order valence-electron chi connectivity index (χ4n) is 6.64. The van der Waals surface area contributed by atoms with Crippen LogP contribution in [0.2, 0.25) is 0 Å². The molecule has 3 aromatic carbocycles. The number of hydrogen-bond donors (Lipinski definition) is 0. The molecule has 2 atom stereocenters. The fourth-order valence-corrected chi connectivity index (χ4v) is 6.64. The number of benzene rings is 3. The molecule has 4 heteroatoms. The second kappa shape index (κ2) is 7.83. The number of unbranched alkanes of at least 4 members (excludes halogenated alkanes) is 2. The zero-order chi connectivity index (χ0) is 23.4. The highest BCUT2D eigenvalue weighted by atomic mass is 16.5. The Bertz CT molecular complexity index is 1230. The maximum atomic E-state index is 14.0. The van der Waals surface area contributed by atoms with Crippen LogP contribution in [0.4, 0.5) is 5.69 Å². The van der Waals surface area contributed by atoms with Crippen molar-refractivity contribution in [1.82, 2.24) is 0 Å². The van der Waals surface area contributed by atoms with Crippen LogP contribution in [0.1, 0.15) is 61.3 Å². The Balaban J connectivity index is 1.38. The van der Waals surface area contributed by atoms with Crippen molar-refractivity contribution in [2.24, 2.45) is 11.8 Å². The molecule has 2 bridgehead atoms. The van der Waals surface area contributed by atoms with E-state index in [0.29, 0.717) is 12.3 Å². The maximum absolute atomic E-state index is 14.0. The van der Waals surface area contributed by atoms with Gasteiger partial charge in [0.2, 0.25) is 11.8 Å². The minimum atomic E-state index is -0.531. The van der Waals surface area contributed by atoms with E-state index in [1.807, 2.05) is 48.5 Å². The molecule has 0 N–H and O–H groups in total. The van der Waals surface area contributed by atoms with Gasteiger partial charge in [0, 0.05) is 11.3 Å². The Labute approximate surface area is 200 Å². The lowest BCUT2D eigenvalue weighted by atomic mass is 9.48. The summed E-state index contributed by atoms with van der Waals surface area (Å²) < 4.78 is 5.83. The van der Waals surface area contributed by atoms with Gasteiger partial charge in [-0.25, -0.2) is 4.90 Å². The second-order valence-corrected chi connectivity index (χ2v) is 9.92. The first-order valence-electron chi connectivity index (χ1n) is 12.4. The third-order valence-electron chi connectivity index (χ3n) is 8.15. The quantitative estimate of drug-likeness (QED) is 0.350. The van der Waals surface area contributed by atoms with Gasteiger partial charge in [-0.15, -0.1) is 0 Å². The molecule has 3 aromatic rings. The first kappa shape index (κ1) is 21.2. The summed E-state index contributed by atoms with van der Waals surface area (Å²) in [5.41, 5.74) is 4.82. The van der Waals surface area contributed by atoms with Crippen LogP contribution in [0.3, 0.4) is 0 Å². The van der Waals surface area contributed by atoms with E-state index in [-0.39, 0.29) is 23.7 Å². The van der Waals surface area contributed by atoms with Crippen LogP contribution >= 0.6 is 0 Å². The summed E-state index contributed by atoms with van der Waals surface area (Å²) in [6, 6.07) is 24.1. The molecule has 0 saturated carbocycles. The van der Waals surface area contributed by atoms with Gasteiger partial charge in [-0.1, -0.05) is 75.2 Å². The molecule has 0 unspecified atom stereocenters. The summed E-state index contributed by atoms with van der Waals surface area (Å²) in [6.07, 6.45) is 3.31. The maximum Gasteiger partial charge on any atom is 0.238 e. The molecule has 3 aliphatic carbocycles. The summed E-state index contributed by atoms with van der Waals surface area (Å²) in [4.78, 5) is 29.3. The Morgan fingerprint density at radius 1 is 0.824 bits per heavy atom. The summed E-state index contributed by atoms with van der Waals surface area (Å²) in [5, 5.41) is 0. The topological polar surface area (TPSA) is 46.6 Å². The van der Waals surface area contributed by atoms with Gasteiger partial charge in [-0.05, 0) is 52.9 Å². The zero-order valence-corrected chi connectivity index (χ0v) is 19.7. The zero-order valence-electron chi connectivity index (χ0n) is 19.7. The lowest BCUT2D eigenvalue weighted by molar-refractivity contribution is -0.123. The van der Waals surface area contributed by atoms with E-state index in [1.165, 1.54) is 27.2 Å². The van der Waals surface area contributed by atoms with E-state index in [4.69, 9.17) is 4.74 Å². The van der Waals surface area contributed by atoms with Crippen molar-refractivity contribution in [3.8, 4) is 5.75 Å². The molecule has 34 heavy (non-hydrogen) atoms. The average Bonchev–Trinajstić information content (AvgIpc) is 3.14. The van der Waals surface area contributed by atoms with E-state index in [2.05, 4.69) is 38.1 Å². The highest BCUT2D eigenvalue weighted by Gasteiger charge is 2.66. The monoisotopic (exact) mass is 451 g/mol. The summed E-state index contributed by atoms with van der Waals surface area (Å²) in [6.45, 7) is 5.00. The van der Waals surface area contributed by atoms with E-state index in [9.17, 15) is 9.59 Å². The first-order valence-corrected chi connectivity index (χ1v) is 12.4. The Kier molecular flexibility index (Phi) is 4.87. The van der Waals surface area contributed by atoms with Crippen LogP contribution in [0, 0.1) is 11.8 Å². The Morgan fingerprint density at radius 3 is 2.06 bits per heavy atom. The number of nitrogens with zero attached hydrogens (tertiary/aromatic N) is 1. The molecule has 4 nitrogen and oxygen atoms in total. The summed E-state index contributed by atoms with van der Waals surface area (Å²) >= 11 is 0. The molecule has 1 fully saturated rings. The molecule has 0 spiro atoms. The van der Waals surface area contributed by atoms with Crippen molar-refractivity contribution in [3.05, 3.63) is 95.1 Å². The number of anilines is 1. The fraction of sp³-hybridized carbons (Fsp3) is 0.333. The predicted molar refractivity (Wildman–Crippen MR) is 132 cm³/mol. The number of imide groups is 1. The van der Waals surface area contributed by atoms with E-state index in [0.717, 1.165) is 25.0 Å². The molecule has 1 saturated heterocycles. The van der Waals surface area contributed by atoms with Gasteiger partial charge in [0.25, 0.3) is 0 Å². The minimum Gasteiger partial charge on any atom is -0.494 e. The number of carbonyl (C=O) groups excluding carboxylic acids is 2. The number of ether oxygens (including phenoxy) is 1. The molecule has 1 heterocycles. The number of hydrogen-bond acceptors (Lipinski definition) is 3. The van der Waals surface area contributed by atoms with Gasteiger partial charge in [0.15, 0.2) is 0 Å². The van der Waals surface area contributed by atoms with Crippen LogP contribution in [0.5, 0.6) is 5.75 Å². The van der Waals surface area contributed by atoms with Crippen molar-refractivity contribution in [1.29, 1.82) is 0 Å². The predicted octanol–water partition coefficient (Wildman–Crippen LogP) is 5.83. The Hall–Kier alpha value is -3.40. The minimum absolute atomic E-state index is 0.0909. The van der Waals surface area contributed by atoms with Crippen molar-refractivity contribution >= 4 is 17.5 Å². The smallest absolute Gasteiger partial charge is 0.238 e. The highest BCUT2D eigenvalue weighted by Crippen LogP contribution is 2.64. The molecule has 2 amide bonds. The van der Waals surface area contributed by atoms with Gasteiger partial charge < -0.3 is 4.74 Å². The first-order chi connectivity index (χ1) is 16.6.